The van der Waals surface area contributed by atoms with Crippen LogP contribution in [0.5, 0.6) is 0 Å². The van der Waals surface area contributed by atoms with Crippen molar-refractivity contribution in [2.75, 3.05) is 0 Å². The van der Waals surface area contributed by atoms with Gasteiger partial charge in [0.05, 0.1) is 5.69 Å². The fourth-order valence-electron chi connectivity index (χ4n) is 3.57. The number of rotatable bonds is 4. The molecule has 0 amide bonds. The minimum atomic E-state index is 0. The molecule has 1 aromatic carbocycles. The average molecular weight is 508 g/mol. The van der Waals surface area contributed by atoms with E-state index in [1.807, 2.05) is 0 Å². The summed E-state index contributed by atoms with van der Waals surface area (Å²) in [6.45, 7) is 20.1. The first kappa shape index (κ1) is 21.2. The Hall–Kier alpha value is -0.882. The van der Waals surface area contributed by atoms with Gasteiger partial charge in [0, 0.05) is 38.4 Å². The second-order valence-electron chi connectivity index (χ2n) is 7.71. The Morgan fingerprint density at radius 3 is 1.58 bits per heavy atom. The number of hydrogen-bond acceptors (Lipinski definition) is 1. The van der Waals surface area contributed by atoms with E-state index in [9.17, 15) is 0 Å². The maximum absolute atomic E-state index is 4.83. The molecule has 2 nitrogen and oxygen atoms in total. The molecule has 0 unspecified atom stereocenters. The number of hydrogen-bond donors (Lipinski definition) is 0. The van der Waals surface area contributed by atoms with E-state index in [4.69, 9.17) is 5.10 Å². The van der Waals surface area contributed by atoms with E-state index in [1.165, 1.54) is 33.5 Å². The standard InChI is InChI=1S/C21H32N2.Pt/c1-12(2)18-10-15(7)11-19(13(3)4)21(18)20-16(8)22-23(14(5)6)17(20)9;/h10-14H,1-9H3;. The largest absolute Gasteiger partial charge is 0.266 e. The van der Waals surface area contributed by atoms with Crippen LogP contribution in [-0.2, 0) is 21.1 Å². The van der Waals surface area contributed by atoms with E-state index in [-0.39, 0.29) is 21.1 Å². The Labute approximate surface area is 162 Å². The Bertz CT molecular complexity index is 680. The molecule has 2 aromatic rings. The van der Waals surface area contributed by atoms with Crippen molar-refractivity contribution in [2.24, 2.45) is 0 Å². The van der Waals surface area contributed by atoms with Crippen molar-refractivity contribution < 1.29 is 21.1 Å². The molecule has 0 atom stereocenters. The predicted molar refractivity (Wildman–Crippen MR) is 100 cm³/mol. The first-order valence-electron chi connectivity index (χ1n) is 8.85. The van der Waals surface area contributed by atoms with Gasteiger partial charge in [0.15, 0.2) is 0 Å². The van der Waals surface area contributed by atoms with Crippen molar-refractivity contribution in [2.45, 2.75) is 80.2 Å². The molecule has 3 heteroatoms. The molecule has 0 spiro atoms. The van der Waals surface area contributed by atoms with Crippen molar-refractivity contribution in [1.82, 2.24) is 9.78 Å². The van der Waals surface area contributed by atoms with Crippen LogP contribution in [0.4, 0.5) is 0 Å². The monoisotopic (exact) mass is 507 g/mol. The maximum atomic E-state index is 4.83. The Kier molecular flexibility index (Phi) is 7.05. The SMILES string of the molecule is Cc1cc(C(C)C)c(-c2c(C)nn(C(C)C)c2C)c(C(C)C)c1.[Pt]. The molecular weight excluding hydrogens is 475 g/mol. The molecule has 24 heavy (non-hydrogen) atoms. The molecule has 0 radical (unpaired) electrons. The topological polar surface area (TPSA) is 17.8 Å². The van der Waals surface area contributed by atoms with Gasteiger partial charge in [-0.3, -0.25) is 4.68 Å². The quantitative estimate of drug-likeness (QED) is 0.475. The van der Waals surface area contributed by atoms with E-state index in [0.29, 0.717) is 17.9 Å². The first-order valence-corrected chi connectivity index (χ1v) is 8.85. The van der Waals surface area contributed by atoms with Gasteiger partial charge in [0.2, 0.25) is 0 Å². The van der Waals surface area contributed by atoms with Gasteiger partial charge in [-0.25, -0.2) is 0 Å². The van der Waals surface area contributed by atoms with E-state index >= 15 is 0 Å². The molecule has 2 rings (SSSR count). The van der Waals surface area contributed by atoms with Crippen molar-refractivity contribution in [3.63, 3.8) is 0 Å². The van der Waals surface area contributed by atoms with Gasteiger partial charge in [0.1, 0.15) is 0 Å². The summed E-state index contributed by atoms with van der Waals surface area (Å²) < 4.78 is 2.17. The van der Waals surface area contributed by atoms with Crippen LogP contribution in [0.25, 0.3) is 11.1 Å². The van der Waals surface area contributed by atoms with Crippen LogP contribution in [0.15, 0.2) is 12.1 Å². The van der Waals surface area contributed by atoms with Crippen LogP contribution in [-0.4, -0.2) is 9.78 Å². The zero-order valence-electron chi connectivity index (χ0n) is 16.6. The summed E-state index contributed by atoms with van der Waals surface area (Å²) in [5, 5.41) is 4.83. The van der Waals surface area contributed by atoms with E-state index in [2.05, 4.69) is 79.1 Å². The van der Waals surface area contributed by atoms with Crippen molar-refractivity contribution in [3.05, 3.63) is 40.2 Å². The number of aryl methyl sites for hydroxylation is 2. The summed E-state index contributed by atoms with van der Waals surface area (Å²) in [7, 11) is 0. The summed E-state index contributed by atoms with van der Waals surface area (Å²) in [4.78, 5) is 0. The maximum Gasteiger partial charge on any atom is 0.0675 e. The van der Waals surface area contributed by atoms with Crippen LogP contribution >= 0.6 is 0 Å². The molecule has 0 aliphatic heterocycles. The average Bonchev–Trinajstić information content (AvgIpc) is 2.73. The normalized spacial score (nSPS) is 11.5. The number of benzene rings is 1. The molecule has 136 valence electrons. The molecule has 0 bridgehead atoms. The summed E-state index contributed by atoms with van der Waals surface area (Å²) in [5.41, 5.74) is 9.43. The zero-order chi connectivity index (χ0) is 17.5. The predicted octanol–water partition coefficient (Wildman–Crippen LogP) is 6.30. The fraction of sp³-hybridized carbons (Fsp3) is 0.571. The fourth-order valence-corrected chi connectivity index (χ4v) is 3.57. The first-order chi connectivity index (χ1) is 10.6. The molecule has 1 heterocycles. The Morgan fingerprint density at radius 2 is 1.25 bits per heavy atom. The Balaban J connectivity index is 0.00000288. The Morgan fingerprint density at radius 1 is 0.792 bits per heavy atom. The van der Waals surface area contributed by atoms with Crippen LogP contribution in [0, 0.1) is 20.8 Å². The van der Waals surface area contributed by atoms with Crippen LogP contribution < -0.4 is 0 Å². The molecule has 0 aliphatic rings. The summed E-state index contributed by atoms with van der Waals surface area (Å²) >= 11 is 0. The van der Waals surface area contributed by atoms with Gasteiger partial charge < -0.3 is 0 Å². The number of aromatic nitrogens is 2. The van der Waals surface area contributed by atoms with E-state index in [0.717, 1.165) is 5.69 Å². The summed E-state index contributed by atoms with van der Waals surface area (Å²) in [6, 6.07) is 5.10. The second kappa shape index (κ2) is 8.00. The molecule has 0 fully saturated rings. The molecule has 0 saturated carbocycles. The minimum Gasteiger partial charge on any atom is -0.266 e. The van der Waals surface area contributed by atoms with Gasteiger partial charge in [0.25, 0.3) is 0 Å². The van der Waals surface area contributed by atoms with Crippen LogP contribution in [0.1, 0.15) is 87.5 Å². The van der Waals surface area contributed by atoms with E-state index < -0.39 is 0 Å². The molecule has 0 aliphatic carbocycles. The van der Waals surface area contributed by atoms with Gasteiger partial charge in [-0.1, -0.05) is 45.4 Å². The zero-order valence-corrected chi connectivity index (χ0v) is 18.9. The third-order valence-electron chi connectivity index (χ3n) is 4.65. The molecule has 1 aromatic heterocycles. The molecule has 0 N–H and O–H groups in total. The third-order valence-corrected chi connectivity index (χ3v) is 4.65. The molecular formula is C21H32N2Pt. The van der Waals surface area contributed by atoms with Gasteiger partial charge in [-0.2, -0.15) is 5.10 Å². The van der Waals surface area contributed by atoms with E-state index in [1.54, 1.807) is 0 Å². The van der Waals surface area contributed by atoms with Crippen LogP contribution in [0.3, 0.4) is 0 Å². The number of nitrogens with zero attached hydrogens (tertiary/aromatic N) is 2. The van der Waals surface area contributed by atoms with Gasteiger partial charge in [-0.05, 0) is 63.1 Å². The van der Waals surface area contributed by atoms with Gasteiger partial charge in [-0.15, -0.1) is 0 Å². The summed E-state index contributed by atoms with van der Waals surface area (Å²) in [6.07, 6.45) is 0. The van der Waals surface area contributed by atoms with Crippen molar-refractivity contribution >= 4 is 0 Å². The van der Waals surface area contributed by atoms with Crippen LogP contribution in [0.2, 0.25) is 0 Å². The summed E-state index contributed by atoms with van der Waals surface area (Å²) in [5.74, 6) is 1.01. The van der Waals surface area contributed by atoms with Crippen molar-refractivity contribution in [1.29, 1.82) is 0 Å². The minimum absolute atomic E-state index is 0. The smallest absolute Gasteiger partial charge is 0.0675 e. The third kappa shape index (κ3) is 3.85. The molecule has 0 saturated heterocycles. The van der Waals surface area contributed by atoms with Crippen molar-refractivity contribution in [3.8, 4) is 11.1 Å². The van der Waals surface area contributed by atoms with Gasteiger partial charge >= 0.3 is 0 Å². The second-order valence-corrected chi connectivity index (χ2v) is 7.71.